The predicted octanol–water partition coefficient (Wildman–Crippen LogP) is 3.36. The van der Waals surface area contributed by atoms with E-state index in [0.29, 0.717) is 24.5 Å². The fraction of sp³-hybridized carbons (Fsp3) is 0.333. The summed E-state index contributed by atoms with van der Waals surface area (Å²) in [6.45, 7) is 8.59. The maximum atomic E-state index is 13.3. The lowest BCUT2D eigenvalue weighted by molar-refractivity contribution is 0.0746. The van der Waals surface area contributed by atoms with Crippen molar-refractivity contribution in [1.29, 1.82) is 0 Å². The smallest absolute Gasteiger partial charge is 0.255 e. The SMILES string of the molecule is Cc1cc(-n2c(C)cc(C(=O)N3CCN(c4ncnc5sccc45)CC3)c2C)no1. The molecule has 5 heterocycles. The third-order valence-electron chi connectivity index (χ3n) is 5.61. The molecule has 4 aromatic rings. The summed E-state index contributed by atoms with van der Waals surface area (Å²) in [6.07, 6.45) is 1.62. The Morgan fingerprint density at radius 3 is 2.63 bits per heavy atom. The molecule has 0 radical (unpaired) electrons. The highest BCUT2D eigenvalue weighted by Gasteiger charge is 2.27. The van der Waals surface area contributed by atoms with Crippen LogP contribution in [-0.2, 0) is 0 Å². The average molecular weight is 423 g/mol. The summed E-state index contributed by atoms with van der Waals surface area (Å²) in [5.74, 6) is 2.45. The van der Waals surface area contributed by atoms with Crippen molar-refractivity contribution in [2.45, 2.75) is 20.8 Å². The molecular weight excluding hydrogens is 400 g/mol. The molecule has 1 amide bonds. The largest absolute Gasteiger partial charge is 0.360 e. The first-order valence-electron chi connectivity index (χ1n) is 9.88. The van der Waals surface area contributed by atoms with Gasteiger partial charge in [-0.25, -0.2) is 9.97 Å². The molecule has 30 heavy (non-hydrogen) atoms. The molecule has 0 atom stereocenters. The zero-order valence-corrected chi connectivity index (χ0v) is 17.9. The van der Waals surface area contributed by atoms with E-state index in [1.807, 2.05) is 47.8 Å². The number of aromatic nitrogens is 4. The number of aryl methyl sites for hydroxylation is 2. The summed E-state index contributed by atoms with van der Waals surface area (Å²) >= 11 is 1.62. The topological polar surface area (TPSA) is 80.3 Å². The Labute approximate surface area is 177 Å². The van der Waals surface area contributed by atoms with Gasteiger partial charge in [0.15, 0.2) is 5.82 Å². The summed E-state index contributed by atoms with van der Waals surface area (Å²) in [4.78, 5) is 27.2. The number of thiophene rings is 1. The fourth-order valence-corrected chi connectivity index (χ4v) is 4.84. The van der Waals surface area contributed by atoms with Crippen molar-refractivity contribution in [3.05, 3.63) is 52.6 Å². The molecular formula is C21H22N6O2S. The highest BCUT2D eigenvalue weighted by Crippen LogP contribution is 2.28. The molecule has 4 aromatic heterocycles. The molecule has 1 saturated heterocycles. The number of carbonyl (C=O) groups is 1. The van der Waals surface area contributed by atoms with Crippen LogP contribution < -0.4 is 4.90 Å². The Morgan fingerprint density at radius 2 is 1.90 bits per heavy atom. The standard InChI is InChI=1S/C21H22N6O2S/c1-13-10-17(15(3)27(13)18-11-14(2)29-24-18)21(28)26-7-5-25(6-8-26)19-16-4-9-30-20(16)23-12-22-19/h4,9-12H,5-8H2,1-3H3. The molecule has 0 spiro atoms. The van der Waals surface area contributed by atoms with E-state index in [4.69, 9.17) is 4.52 Å². The van der Waals surface area contributed by atoms with E-state index in [0.717, 1.165) is 46.3 Å². The summed E-state index contributed by atoms with van der Waals surface area (Å²) in [5.41, 5.74) is 2.55. The Balaban J connectivity index is 1.35. The van der Waals surface area contributed by atoms with Crippen molar-refractivity contribution in [1.82, 2.24) is 24.6 Å². The maximum Gasteiger partial charge on any atom is 0.255 e. The van der Waals surface area contributed by atoms with Gasteiger partial charge >= 0.3 is 0 Å². The van der Waals surface area contributed by atoms with Gasteiger partial charge < -0.3 is 14.3 Å². The van der Waals surface area contributed by atoms with Gasteiger partial charge in [-0.2, -0.15) is 0 Å². The summed E-state index contributed by atoms with van der Waals surface area (Å²) in [7, 11) is 0. The zero-order chi connectivity index (χ0) is 20.8. The summed E-state index contributed by atoms with van der Waals surface area (Å²) in [5, 5.41) is 7.22. The molecule has 1 aliphatic heterocycles. The molecule has 0 aromatic carbocycles. The molecule has 1 aliphatic rings. The van der Waals surface area contributed by atoms with Gasteiger partial charge in [0.25, 0.3) is 5.91 Å². The molecule has 9 heteroatoms. The fourth-order valence-electron chi connectivity index (χ4n) is 4.11. The molecule has 0 saturated carbocycles. The van der Waals surface area contributed by atoms with Gasteiger partial charge in [-0.15, -0.1) is 11.3 Å². The Hall–Kier alpha value is -3.20. The molecule has 0 N–H and O–H groups in total. The first kappa shape index (κ1) is 18.8. The second-order valence-corrected chi connectivity index (χ2v) is 8.43. The molecule has 5 rings (SSSR count). The lowest BCUT2D eigenvalue weighted by Gasteiger charge is -2.35. The van der Waals surface area contributed by atoms with Gasteiger partial charge in [-0.3, -0.25) is 9.36 Å². The van der Waals surface area contributed by atoms with Crippen molar-refractivity contribution >= 4 is 33.3 Å². The first-order valence-corrected chi connectivity index (χ1v) is 10.8. The minimum absolute atomic E-state index is 0.0533. The van der Waals surface area contributed by atoms with Crippen molar-refractivity contribution in [3.8, 4) is 5.82 Å². The quantitative estimate of drug-likeness (QED) is 0.504. The van der Waals surface area contributed by atoms with Crippen LogP contribution in [0.1, 0.15) is 27.5 Å². The second-order valence-electron chi connectivity index (χ2n) is 7.53. The number of hydrogen-bond donors (Lipinski definition) is 0. The number of hydrogen-bond acceptors (Lipinski definition) is 7. The van der Waals surface area contributed by atoms with E-state index in [-0.39, 0.29) is 5.91 Å². The normalized spacial score (nSPS) is 14.6. The van der Waals surface area contributed by atoms with Crippen LogP contribution in [0, 0.1) is 20.8 Å². The Kier molecular flexibility index (Phi) is 4.54. The lowest BCUT2D eigenvalue weighted by atomic mass is 10.2. The van der Waals surface area contributed by atoms with E-state index in [1.54, 1.807) is 17.7 Å². The van der Waals surface area contributed by atoms with E-state index >= 15 is 0 Å². The van der Waals surface area contributed by atoms with E-state index < -0.39 is 0 Å². The van der Waals surface area contributed by atoms with Gasteiger partial charge in [-0.05, 0) is 38.3 Å². The van der Waals surface area contributed by atoms with Crippen molar-refractivity contribution in [2.75, 3.05) is 31.1 Å². The van der Waals surface area contributed by atoms with Crippen LogP contribution in [0.3, 0.4) is 0 Å². The van der Waals surface area contributed by atoms with Crippen LogP contribution in [0.4, 0.5) is 5.82 Å². The number of anilines is 1. The Bertz CT molecular complexity index is 1230. The average Bonchev–Trinajstić information content (AvgIpc) is 3.46. The van der Waals surface area contributed by atoms with Crippen LogP contribution in [0.2, 0.25) is 0 Å². The minimum atomic E-state index is 0.0533. The van der Waals surface area contributed by atoms with Gasteiger partial charge in [0, 0.05) is 43.6 Å². The monoisotopic (exact) mass is 422 g/mol. The van der Waals surface area contributed by atoms with Crippen molar-refractivity contribution in [3.63, 3.8) is 0 Å². The van der Waals surface area contributed by atoms with Crippen LogP contribution >= 0.6 is 11.3 Å². The van der Waals surface area contributed by atoms with E-state index in [1.165, 1.54) is 0 Å². The summed E-state index contributed by atoms with van der Waals surface area (Å²) < 4.78 is 7.18. The number of amides is 1. The second kappa shape index (κ2) is 7.24. The molecule has 0 unspecified atom stereocenters. The third-order valence-corrected chi connectivity index (χ3v) is 6.43. The minimum Gasteiger partial charge on any atom is -0.360 e. The number of rotatable bonds is 3. The molecule has 0 bridgehead atoms. The number of fused-ring (bicyclic) bond motifs is 1. The van der Waals surface area contributed by atoms with Crippen molar-refractivity contribution < 1.29 is 9.32 Å². The van der Waals surface area contributed by atoms with Crippen molar-refractivity contribution in [2.24, 2.45) is 0 Å². The van der Waals surface area contributed by atoms with Gasteiger partial charge in [0.05, 0.1) is 10.9 Å². The predicted molar refractivity (Wildman–Crippen MR) is 116 cm³/mol. The van der Waals surface area contributed by atoms with Crippen LogP contribution in [0.15, 0.2) is 34.4 Å². The zero-order valence-electron chi connectivity index (χ0n) is 17.1. The number of nitrogens with zero attached hydrogens (tertiary/aromatic N) is 6. The third kappa shape index (κ3) is 3.06. The molecule has 8 nitrogen and oxygen atoms in total. The van der Waals surface area contributed by atoms with Gasteiger partial charge in [0.2, 0.25) is 0 Å². The van der Waals surface area contributed by atoms with Crippen LogP contribution in [0.25, 0.3) is 16.0 Å². The molecule has 154 valence electrons. The van der Waals surface area contributed by atoms with E-state index in [2.05, 4.69) is 26.1 Å². The highest BCUT2D eigenvalue weighted by molar-refractivity contribution is 7.16. The van der Waals surface area contributed by atoms with Gasteiger partial charge in [0.1, 0.15) is 22.7 Å². The summed E-state index contributed by atoms with van der Waals surface area (Å²) in [6, 6.07) is 5.88. The number of piperazine rings is 1. The van der Waals surface area contributed by atoms with E-state index in [9.17, 15) is 4.79 Å². The van der Waals surface area contributed by atoms with Gasteiger partial charge in [-0.1, -0.05) is 5.16 Å². The maximum absolute atomic E-state index is 13.3. The molecule has 1 fully saturated rings. The van der Waals surface area contributed by atoms with Crippen LogP contribution in [-0.4, -0.2) is 56.7 Å². The van der Waals surface area contributed by atoms with Crippen LogP contribution in [0.5, 0.6) is 0 Å². The highest BCUT2D eigenvalue weighted by atomic mass is 32.1. The Morgan fingerprint density at radius 1 is 1.10 bits per heavy atom. The molecule has 0 aliphatic carbocycles. The lowest BCUT2D eigenvalue weighted by Crippen LogP contribution is -2.49. The first-order chi connectivity index (χ1) is 14.5. The number of carbonyl (C=O) groups excluding carboxylic acids is 1.